The first-order valence-electron chi connectivity index (χ1n) is 12.3. The highest BCUT2D eigenvalue weighted by molar-refractivity contribution is 5.70. The smallest absolute Gasteiger partial charge is 0.306 e. The van der Waals surface area contributed by atoms with Crippen molar-refractivity contribution in [3.8, 4) is 17.1 Å². The van der Waals surface area contributed by atoms with E-state index in [0.29, 0.717) is 54.6 Å². The predicted molar refractivity (Wildman–Crippen MR) is 131 cm³/mol. The Bertz CT molecular complexity index is 1420. The molecule has 1 aliphatic rings. The van der Waals surface area contributed by atoms with Crippen molar-refractivity contribution in [1.82, 2.24) is 50.0 Å². The summed E-state index contributed by atoms with van der Waals surface area (Å²) in [5, 5.41) is 35.2. The molecule has 0 aromatic carbocycles. The van der Waals surface area contributed by atoms with Gasteiger partial charge in [-0.15, -0.1) is 15.3 Å². The summed E-state index contributed by atoms with van der Waals surface area (Å²) in [4.78, 5) is 17.6. The zero-order valence-corrected chi connectivity index (χ0v) is 21.4. The Morgan fingerprint density at radius 1 is 1.11 bits per heavy atom. The first kappa shape index (κ1) is 24.5. The van der Waals surface area contributed by atoms with E-state index in [1.807, 2.05) is 50.7 Å². The molecule has 5 rings (SSSR count). The SMILES string of the molecule is Cc1cc(C)n(Cc2nnn(Cc3c(-c4ccc(O[C@H]5CCC[C@H](C(=O)O)C5)c(C)n4)nnn3C)n2)n1. The summed E-state index contributed by atoms with van der Waals surface area (Å²) in [6.45, 7) is 6.57. The van der Waals surface area contributed by atoms with Gasteiger partial charge in [-0.3, -0.25) is 9.48 Å². The van der Waals surface area contributed by atoms with Crippen molar-refractivity contribution in [2.75, 3.05) is 0 Å². The molecule has 194 valence electrons. The van der Waals surface area contributed by atoms with Crippen molar-refractivity contribution in [3.63, 3.8) is 0 Å². The lowest BCUT2D eigenvalue weighted by molar-refractivity contribution is -0.143. The third kappa shape index (κ3) is 5.34. The van der Waals surface area contributed by atoms with Crippen molar-refractivity contribution in [2.45, 2.75) is 65.6 Å². The van der Waals surface area contributed by atoms with Gasteiger partial charge in [0.05, 0.1) is 34.8 Å². The number of tetrazole rings is 1. The number of aromatic nitrogens is 10. The molecule has 37 heavy (non-hydrogen) atoms. The lowest BCUT2D eigenvalue weighted by atomic mass is 9.87. The van der Waals surface area contributed by atoms with Crippen LogP contribution in [0.25, 0.3) is 11.4 Å². The number of carboxylic acid groups (broad SMARTS) is 1. The van der Waals surface area contributed by atoms with Crippen molar-refractivity contribution in [1.29, 1.82) is 0 Å². The van der Waals surface area contributed by atoms with Gasteiger partial charge >= 0.3 is 5.97 Å². The van der Waals surface area contributed by atoms with E-state index in [4.69, 9.17) is 9.72 Å². The summed E-state index contributed by atoms with van der Waals surface area (Å²) < 4.78 is 9.67. The number of nitrogens with zero attached hydrogens (tertiary/aromatic N) is 10. The number of pyridine rings is 1. The minimum Gasteiger partial charge on any atom is -0.489 e. The van der Waals surface area contributed by atoms with Crippen LogP contribution in [0.15, 0.2) is 18.2 Å². The minimum atomic E-state index is -0.755. The normalized spacial score (nSPS) is 17.7. The summed E-state index contributed by atoms with van der Waals surface area (Å²) in [6.07, 6.45) is 2.76. The molecule has 0 spiro atoms. The second kappa shape index (κ2) is 10.1. The van der Waals surface area contributed by atoms with E-state index in [1.54, 1.807) is 4.68 Å². The standard InChI is InChI=1S/C24H30N10O3/c1-14-10-15(2)33(28-14)13-22-26-31-34(29-22)12-20-23(27-30-32(20)4)19-8-9-21(16(3)25-19)37-18-7-5-6-17(11-18)24(35)36/h8-10,17-18H,5-7,11-13H2,1-4H3,(H,35,36)/t17-,18-/m0/s1. The van der Waals surface area contributed by atoms with Gasteiger partial charge in [0.1, 0.15) is 24.5 Å². The van der Waals surface area contributed by atoms with Gasteiger partial charge < -0.3 is 9.84 Å². The Morgan fingerprint density at radius 2 is 1.95 bits per heavy atom. The van der Waals surface area contributed by atoms with Crippen LogP contribution in [0.3, 0.4) is 0 Å². The lowest BCUT2D eigenvalue weighted by Crippen LogP contribution is -2.29. The second-order valence-corrected chi connectivity index (χ2v) is 9.55. The van der Waals surface area contributed by atoms with Crippen molar-refractivity contribution in [3.05, 3.63) is 46.8 Å². The predicted octanol–water partition coefficient (Wildman–Crippen LogP) is 2.10. The molecule has 2 atom stereocenters. The van der Waals surface area contributed by atoms with Gasteiger partial charge in [-0.2, -0.15) is 9.90 Å². The summed E-state index contributed by atoms with van der Waals surface area (Å²) in [5.41, 5.74) is 4.75. The maximum atomic E-state index is 11.4. The van der Waals surface area contributed by atoms with Crippen LogP contribution in [0.1, 0.15) is 54.3 Å². The fraction of sp³-hybridized carbons (Fsp3) is 0.500. The highest BCUT2D eigenvalue weighted by atomic mass is 16.5. The van der Waals surface area contributed by atoms with E-state index in [9.17, 15) is 9.90 Å². The number of carboxylic acids is 1. The first-order valence-corrected chi connectivity index (χ1v) is 12.3. The lowest BCUT2D eigenvalue weighted by Gasteiger charge is -2.27. The molecule has 1 N–H and O–H groups in total. The Hall–Kier alpha value is -4.16. The van der Waals surface area contributed by atoms with E-state index in [-0.39, 0.29) is 12.0 Å². The van der Waals surface area contributed by atoms with Crippen molar-refractivity contribution >= 4 is 5.97 Å². The average molecular weight is 507 g/mol. The van der Waals surface area contributed by atoms with E-state index >= 15 is 0 Å². The van der Waals surface area contributed by atoms with Crippen LogP contribution in [0.2, 0.25) is 0 Å². The van der Waals surface area contributed by atoms with Crippen LogP contribution >= 0.6 is 0 Å². The van der Waals surface area contributed by atoms with Crippen molar-refractivity contribution in [2.24, 2.45) is 13.0 Å². The highest BCUT2D eigenvalue weighted by Crippen LogP contribution is 2.30. The van der Waals surface area contributed by atoms with E-state index in [1.165, 1.54) is 4.80 Å². The number of carbonyl (C=O) groups is 1. The molecule has 0 bridgehead atoms. The minimum absolute atomic E-state index is 0.129. The van der Waals surface area contributed by atoms with Crippen molar-refractivity contribution < 1.29 is 14.6 Å². The maximum absolute atomic E-state index is 11.4. The fourth-order valence-corrected chi connectivity index (χ4v) is 4.72. The van der Waals surface area contributed by atoms with E-state index < -0.39 is 5.97 Å². The van der Waals surface area contributed by atoms with Gasteiger partial charge in [0.25, 0.3) is 0 Å². The third-order valence-corrected chi connectivity index (χ3v) is 6.67. The highest BCUT2D eigenvalue weighted by Gasteiger charge is 2.28. The molecule has 4 aromatic heterocycles. The number of aliphatic carboxylic acids is 1. The zero-order valence-electron chi connectivity index (χ0n) is 21.4. The molecular weight excluding hydrogens is 476 g/mol. The molecule has 13 heteroatoms. The summed E-state index contributed by atoms with van der Waals surface area (Å²) in [7, 11) is 1.81. The number of ether oxygens (including phenoxy) is 1. The van der Waals surface area contributed by atoms with Crippen LogP contribution in [-0.2, 0) is 24.9 Å². The number of rotatable bonds is 8. The monoisotopic (exact) mass is 506 g/mol. The summed E-state index contributed by atoms with van der Waals surface area (Å²) in [5.74, 6) is 0.101. The molecule has 0 amide bonds. The maximum Gasteiger partial charge on any atom is 0.306 e. The first-order chi connectivity index (χ1) is 17.8. The molecule has 13 nitrogen and oxygen atoms in total. The van der Waals surface area contributed by atoms with Gasteiger partial charge in [-0.25, -0.2) is 9.67 Å². The molecule has 0 unspecified atom stereocenters. The molecule has 0 radical (unpaired) electrons. The quantitative estimate of drug-likeness (QED) is 0.376. The Morgan fingerprint density at radius 3 is 2.68 bits per heavy atom. The van der Waals surface area contributed by atoms with Crippen LogP contribution in [-0.4, -0.2) is 67.1 Å². The molecular formula is C24H30N10O3. The molecule has 4 aromatic rings. The molecule has 4 heterocycles. The average Bonchev–Trinajstić information content (AvgIpc) is 3.55. The van der Waals surface area contributed by atoms with Gasteiger partial charge in [0.15, 0.2) is 5.82 Å². The van der Waals surface area contributed by atoms with Crippen LogP contribution in [0, 0.1) is 26.7 Å². The zero-order chi connectivity index (χ0) is 26.1. The number of aryl methyl sites for hydroxylation is 4. The molecule has 0 aliphatic heterocycles. The topological polar surface area (TPSA) is 152 Å². The van der Waals surface area contributed by atoms with Gasteiger partial charge in [0, 0.05) is 12.7 Å². The van der Waals surface area contributed by atoms with Crippen LogP contribution < -0.4 is 4.74 Å². The third-order valence-electron chi connectivity index (χ3n) is 6.67. The number of hydrogen-bond acceptors (Lipinski definition) is 9. The molecule has 1 saturated carbocycles. The molecule has 1 aliphatic carbocycles. The summed E-state index contributed by atoms with van der Waals surface area (Å²) >= 11 is 0. The van der Waals surface area contributed by atoms with Gasteiger partial charge in [-0.05, 0) is 69.9 Å². The Kier molecular flexibility index (Phi) is 6.68. The van der Waals surface area contributed by atoms with Gasteiger partial charge in [-0.1, -0.05) is 5.21 Å². The van der Waals surface area contributed by atoms with Crippen LogP contribution in [0.4, 0.5) is 0 Å². The Labute approximate surface area is 213 Å². The van der Waals surface area contributed by atoms with E-state index in [0.717, 1.165) is 29.9 Å². The van der Waals surface area contributed by atoms with Crippen LogP contribution in [0.5, 0.6) is 5.75 Å². The van der Waals surface area contributed by atoms with Gasteiger partial charge in [0.2, 0.25) is 0 Å². The number of hydrogen-bond donors (Lipinski definition) is 1. The Balaban J connectivity index is 1.30. The molecule has 1 fully saturated rings. The largest absolute Gasteiger partial charge is 0.489 e. The molecule has 0 saturated heterocycles. The summed E-state index contributed by atoms with van der Waals surface area (Å²) in [6, 6.07) is 5.71. The van der Waals surface area contributed by atoms with E-state index in [2.05, 4.69) is 30.8 Å². The fourth-order valence-electron chi connectivity index (χ4n) is 4.72. The second-order valence-electron chi connectivity index (χ2n) is 9.55.